The summed E-state index contributed by atoms with van der Waals surface area (Å²) in [5, 5.41) is 3.81. The number of hydrogen-bond acceptors (Lipinski definition) is 2. The van der Waals surface area contributed by atoms with Gasteiger partial charge in [-0.05, 0) is 25.5 Å². The smallest absolute Gasteiger partial charge is 0.330 e. The van der Waals surface area contributed by atoms with Crippen molar-refractivity contribution in [3.63, 3.8) is 0 Å². The molecule has 1 aromatic rings. The van der Waals surface area contributed by atoms with Crippen LogP contribution in [0.15, 0.2) is 6.07 Å². The Bertz CT molecular complexity index is 330. The fourth-order valence-electron chi connectivity index (χ4n) is 1.28. The SMILES string of the molecule is Cc1cc(C(F)(F)F)n(C[C@H](C)CN)n1. The summed E-state index contributed by atoms with van der Waals surface area (Å²) in [6.45, 7) is 3.87. The van der Waals surface area contributed by atoms with Crippen LogP contribution in [-0.4, -0.2) is 16.3 Å². The van der Waals surface area contributed by atoms with Crippen molar-refractivity contribution < 1.29 is 13.2 Å². The van der Waals surface area contributed by atoms with Gasteiger partial charge in [-0.3, -0.25) is 4.68 Å². The third-order valence-electron chi connectivity index (χ3n) is 2.08. The van der Waals surface area contributed by atoms with Crippen molar-refractivity contribution in [3.8, 4) is 0 Å². The van der Waals surface area contributed by atoms with E-state index in [9.17, 15) is 13.2 Å². The summed E-state index contributed by atoms with van der Waals surface area (Å²) in [7, 11) is 0. The summed E-state index contributed by atoms with van der Waals surface area (Å²) < 4.78 is 38.6. The van der Waals surface area contributed by atoms with Crippen LogP contribution >= 0.6 is 0 Å². The fourth-order valence-corrected chi connectivity index (χ4v) is 1.28. The first-order chi connectivity index (χ1) is 6.84. The summed E-state index contributed by atoms with van der Waals surface area (Å²) >= 11 is 0. The molecule has 0 fully saturated rings. The molecule has 6 heteroatoms. The van der Waals surface area contributed by atoms with E-state index in [1.165, 1.54) is 0 Å². The molecule has 1 atom stereocenters. The van der Waals surface area contributed by atoms with Crippen molar-refractivity contribution in [2.45, 2.75) is 26.6 Å². The fraction of sp³-hybridized carbons (Fsp3) is 0.667. The maximum Gasteiger partial charge on any atom is 0.433 e. The van der Waals surface area contributed by atoms with E-state index >= 15 is 0 Å². The number of aromatic nitrogens is 2. The number of nitrogens with two attached hydrogens (primary N) is 1. The zero-order chi connectivity index (χ0) is 11.6. The molecule has 1 rings (SSSR count). The molecule has 0 radical (unpaired) electrons. The highest BCUT2D eigenvalue weighted by molar-refractivity contribution is 5.12. The summed E-state index contributed by atoms with van der Waals surface area (Å²) in [6.07, 6.45) is -4.35. The minimum Gasteiger partial charge on any atom is -0.330 e. The van der Waals surface area contributed by atoms with Gasteiger partial charge in [0.1, 0.15) is 5.69 Å². The highest BCUT2D eigenvalue weighted by Gasteiger charge is 2.35. The van der Waals surface area contributed by atoms with Crippen LogP contribution in [0.1, 0.15) is 18.3 Å². The second-order valence-electron chi connectivity index (χ2n) is 3.69. The molecule has 3 nitrogen and oxygen atoms in total. The maximum atomic E-state index is 12.5. The zero-order valence-corrected chi connectivity index (χ0v) is 8.67. The Labute approximate surface area is 86.1 Å². The van der Waals surface area contributed by atoms with Gasteiger partial charge in [0.05, 0.1) is 5.69 Å². The summed E-state index contributed by atoms with van der Waals surface area (Å²) in [5.74, 6) is -0.0228. The van der Waals surface area contributed by atoms with Gasteiger partial charge in [0.2, 0.25) is 0 Å². The van der Waals surface area contributed by atoms with E-state index in [1.807, 2.05) is 0 Å². The molecule has 15 heavy (non-hydrogen) atoms. The van der Waals surface area contributed by atoms with Crippen molar-refractivity contribution in [3.05, 3.63) is 17.5 Å². The van der Waals surface area contributed by atoms with Crippen molar-refractivity contribution in [1.29, 1.82) is 0 Å². The highest BCUT2D eigenvalue weighted by atomic mass is 19.4. The Balaban J connectivity index is 2.96. The second kappa shape index (κ2) is 4.22. The third kappa shape index (κ3) is 2.95. The number of rotatable bonds is 3. The predicted octanol–water partition coefficient (Wildman–Crippen LogP) is 1.81. The van der Waals surface area contributed by atoms with Gasteiger partial charge in [-0.15, -0.1) is 0 Å². The lowest BCUT2D eigenvalue weighted by atomic mass is 10.2. The van der Waals surface area contributed by atoms with Crippen LogP contribution in [0.5, 0.6) is 0 Å². The molecule has 1 heterocycles. The molecule has 0 unspecified atom stereocenters. The van der Waals surface area contributed by atoms with Gasteiger partial charge in [0, 0.05) is 6.54 Å². The molecular formula is C9H14F3N3. The average Bonchev–Trinajstić information content (AvgIpc) is 2.45. The van der Waals surface area contributed by atoms with E-state index in [1.54, 1.807) is 13.8 Å². The lowest BCUT2D eigenvalue weighted by Gasteiger charge is -2.13. The molecule has 0 saturated heterocycles. The predicted molar refractivity (Wildman–Crippen MR) is 50.2 cm³/mol. The minimum atomic E-state index is -4.35. The molecule has 0 aromatic carbocycles. The Morgan fingerprint density at radius 2 is 2.13 bits per heavy atom. The first-order valence-electron chi connectivity index (χ1n) is 4.66. The van der Waals surface area contributed by atoms with Gasteiger partial charge in [-0.25, -0.2) is 0 Å². The van der Waals surface area contributed by atoms with Gasteiger partial charge >= 0.3 is 6.18 Å². The first-order valence-corrected chi connectivity index (χ1v) is 4.66. The summed E-state index contributed by atoms with van der Waals surface area (Å²) in [6, 6.07) is 1.04. The van der Waals surface area contributed by atoms with Crippen molar-refractivity contribution in [2.75, 3.05) is 6.54 Å². The Kier molecular flexibility index (Phi) is 3.38. The van der Waals surface area contributed by atoms with Gasteiger partial charge in [0.15, 0.2) is 0 Å². The molecule has 2 N–H and O–H groups in total. The number of hydrogen-bond donors (Lipinski definition) is 1. The maximum absolute atomic E-state index is 12.5. The molecule has 0 bridgehead atoms. The second-order valence-corrected chi connectivity index (χ2v) is 3.69. The van der Waals surface area contributed by atoms with E-state index in [0.717, 1.165) is 10.7 Å². The highest BCUT2D eigenvalue weighted by Crippen LogP contribution is 2.29. The zero-order valence-electron chi connectivity index (χ0n) is 8.67. The van der Waals surface area contributed by atoms with Crippen LogP contribution in [0.25, 0.3) is 0 Å². The van der Waals surface area contributed by atoms with E-state index in [0.29, 0.717) is 12.2 Å². The third-order valence-corrected chi connectivity index (χ3v) is 2.08. The van der Waals surface area contributed by atoms with Crippen LogP contribution in [0.2, 0.25) is 0 Å². The van der Waals surface area contributed by atoms with Crippen molar-refractivity contribution in [2.24, 2.45) is 11.7 Å². The lowest BCUT2D eigenvalue weighted by molar-refractivity contribution is -0.144. The van der Waals surface area contributed by atoms with Crippen LogP contribution in [0, 0.1) is 12.8 Å². The molecule has 0 aliphatic carbocycles. The minimum absolute atomic E-state index is 0.0228. The largest absolute Gasteiger partial charge is 0.433 e. The Morgan fingerprint density at radius 3 is 2.60 bits per heavy atom. The normalized spacial score (nSPS) is 14.3. The quantitative estimate of drug-likeness (QED) is 0.845. The molecule has 0 aliphatic heterocycles. The molecule has 0 saturated carbocycles. The van der Waals surface area contributed by atoms with E-state index < -0.39 is 11.9 Å². The van der Waals surface area contributed by atoms with Gasteiger partial charge in [-0.1, -0.05) is 6.92 Å². The van der Waals surface area contributed by atoms with Crippen LogP contribution in [0.4, 0.5) is 13.2 Å². The van der Waals surface area contributed by atoms with Gasteiger partial charge in [0.25, 0.3) is 0 Å². The average molecular weight is 221 g/mol. The lowest BCUT2D eigenvalue weighted by Crippen LogP contribution is -2.22. The molecule has 0 spiro atoms. The van der Waals surface area contributed by atoms with Gasteiger partial charge in [-0.2, -0.15) is 18.3 Å². The van der Waals surface area contributed by atoms with Crippen molar-refractivity contribution in [1.82, 2.24) is 9.78 Å². The van der Waals surface area contributed by atoms with Crippen molar-refractivity contribution >= 4 is 0 Å². The monoisotopic (exact) mass is 221 g/mol. The number of halogens is 3. The Hall–Kier alpha value is -1.04. The van der Waals surface area contributed by atoms with E-state index in [-0.39, 0.29) is 12.5 Å². The topological polar surface area (TPSA) is 43.8 Å². The van der Waals surface area contributed by atoms with E-state index in [2.05, 4.69) is 5.10 Å². The standard InChI is InChI=1S/C9H14F3N3/c1-6(4-13)5-15-8(9(10,11)12)3-7(2)14-15/h3,6H,4-5,13H2,1-2H3/t6-/m1/s1. The van der Waals surface area contributed by atoms with Gasteiger partial charge < -0.3 is 5.73 Å². The van der Waals surface area contributed by atoms with Crippen LogP contribution in [0.3, 0.4) is 0 Å². The molecule has 0 amide bonds. The summed E-state index contributed by atoms with van der Waals surface area (Å²) in [4.78, 5) is 0. The molecule has 0 aliphatic rings. The molecule has 1 aromatic heterocycles. The first kappa shape index (κ1) is 12.0. The van der Waals surface area contributed by atoms with Crippen LogP contribution < -0.4 is 5.73 Å². The van der Waals surface area contributed by atoms with E-state index in [4.69, 9.17) is 5.73 Å². The number of alkyl halides is 3. The number of aryl methyl sites for hydroxylation is 1. The number of nitrogens with zero attached hydrogens (tertiary/aromatic N) is 2. The molecule has 86 valence electrons. The Morgan fingerprint density at radius 1 is 1.53 bits per heavy atom. The van der Waals surface area contributed by atoms with Crippen LogP contribution in [-0.2, 0) is 12.7 Å². The molecular weight excluding hydrogens is 207 g/mol. The summed E-state index contributed by atoms with van der Waals surface area (Å²) in [5.41, 5.74) is 5.02.